The highest BCUT2D eigenvalue weighted by atomic mass is 35.5. The normalized spacial score (nSPS) is 13.1. The smallest absolute Gasteiger partial charge is 0.320 e. The molecule has 0 aliphatic heterocycles. The predicted octanol–water partition coefficient (Wildman–Crippen LogP) is 4.31. The Morgan fingerprint density at radius 1 is 1.25 bits per heavy atom. The zero-order valence-corrected chi connectivity index (χ0v) is 22.8. The third-order valence-electron chi connectivity index (χ3n) is 6.06. The zero-order valence-electron chi connectivity index (χ0n) is 22.0. The number of anilines is 3. The van der Waals surface area contributed by atoms with Crippen LogP contribution in [0.2, 0.25) is 5.02 Å². The molecule has 3 aromatic rings. The van der Waals surface area contributed by atoms with Crippen molar-refractivity contribution in [1.29, 1.82) is 0 Å². The SMILES string of the molecule is CCOC(=O)CN(C/C=C/C(=O)Nc1cc2c(Nc3ccc(F)c(Cl)c3)ncnc2cc1OCC1CC1)CCO. The number of rotatable bonds is 14. The molecule has 40 heavy (non-hydrogen) atoms. The number of nitrogens with one attached hydrogen (secondary N) is 2. The van der Waals surface area contributed by atoms with Gasteiger partial charge in [0.05, 0.1) is 42.6 Å². The molecule has 3 N–H and O–H groups in total. The summed E-state index contributed by atoms with van der Waals surface area (Å²) in [5.74, 6) is 0.0489. The van der Waals surface area contributed by atoms with Gasteiger partial charge in [-0.1, -0.05) is 17.7 Å². The van der Waals surface area contributed by atoms with Gasteiger partial charge < -0.3 is 25.2 Å². The summed E-state index contributed by atoms with van der Waals surface area (Å²) in [6.45, 7) is 2.89. The molecule has 12 heteroatoms. The largest absolute Gasteiger partial charge is 0.491 e. The number of ether oxygens (including phenoxy) is 2. The molecule has 212 valence electrons. The molecule has 1 aliphatic rings. The first-order chi connectivity index (χ1) is 19.4. The van der Waals surface area contributed by atoms with Crippen LogP contribution in [-0.2, 0) is 14.3 Å². The van der Waals surface area contributed by atoms with Crippen LogP contribution in [0.4, 0.5) is 21.6 Å². The maximum Gasteiger partial charge on any atom is 0.320 e. The van der Waals surface area contributed by atoms with E-state index in [1.165, 1.54) is 30.6 Å². The number of aliphatic hydroxyl groups excluding tert-OH is 1. The van der Waals surface area contributed by atoms with Crippen LogP contribution in [0.15, 0.2) is 48.8 Å². The molecule has 1 aromatic heterocycles. The number of nitrogens with zero attached hydrogens (tertiary/aromatic N) is 3. The van der Waals surface area contributed by atoms with E-state index in [9.17, 15) is 19.1 Å². The monoisotopic (exact) mass is 571 g/mol. The van der Waals surface area contributed by atoms with Gasteiger partial charge in [0.2, 0.25) is 5.91 Å². The molecule has 2 aromatic carbocycles. The molecule has 1 amide bonds. The van der Waals surface area contributed by atoms with Gasteiger partial charge in [-0.25, -0.2) is 14.4 Å². The average Bonchev–Trinajstić information content (AvgIpc) is 3.75. The molecule has 1 saturated carbocycles. The van der Waals surface area contributed by atoms with Crippen LogP contribution < -0.4 is 15.4 Å². The van der Waals surface area contributed by atoms with Crippen molar-refractivity contribution in [3.05, 3.63) is 59.7 Å². The molecule has 0 atom stereocenters. The van der Waals surface area contributed by atoms with Gasteiger partial charge in [0.1, 0.15) is 23.7 Å². The second-order valence-corrected chi connectivity index (χ2v) is 9.66. The van der Waals surface area contributed by atoms with E-state index in [2.05, 4.69) is 20.6 Å². The molecule has 0 radical (unpaired) electrons. The lowest BCUT2D eigenvalue weighted by molar-refractivity contribution is -0.144. The minimum Gasteiger partial charge on any atom is -0.491 e. The van der Waals surface area contributed by atoms with Gasteiger partial charge >= 0.3 is 5.97 Å². The number of carbonyl (C=O) groups is 2. The fourth-order valence-electron chi connectivity index (χ4n) is 3.85. The van der Waals surface area contributed by atoms with Gasteiger partial charge in [0, 0.05) is 36.3 Å². The predicted molar refractivity (Wildman–Crippen MR) is 150 cm³/mol. The fraction of sp³-hybridized carbons (Fsp3) is 0.357. The molecule has 4 rings (SSSR count). The second-order valence-electron chi connectivity index (χ2n) is 9.25. The van der Waals surface area contributed by atoms with Crippen molar-refractivity contribution < 1.29 is 28.6 Å². The third-order valence-corrected chi connectivity index (χ3v) is 6.35. The van der Waals surface area contributed by atoms with Crippen molar-refractivity contribution in [2.75, 3.05) is 50.1 Å². The second kappa shape index (κ2) is 14.0. The van der Waals surface area contributed by atoms with Crippen LogP contribution >= 0.6 is 11.6 Å². The van der Waals surface area contributed by atoms with Crippen molar-refractivity contribution >= 4 is 51.6 Å². The van der Waals surface area contributed by atoms with Gasteiger partial charge in [-0.3, -0.25) is 14.5 Å². The summed E-state index contributed by atoms with van der Waals surface area (Å²) < 4.78 is 24.6. The Hall–Kier alpha value is -3.80. The standard InChI is InChI=1S/C28H31ClFN5O5/c1-2-39-27(38)15-35(10-11-36)9-3-4-26(37)34-24-13-20-23(14-25(24)40-16-18-5-6-18)31-17-32-28(20)33-19-7-8-22(30)21(29)12-19/h3-4,7-8,12-14,17-18,36H,2,5-6,9-11,15-16H2,1H3,(H,34,37)(H,31,32,33)/b4-3+. The van der Waals surface area contributed by atoms with Crippen molar-refractivity contribution in [2.24, 2.45) is 5.92 Å². The lowest BCUT2D eigenvalue weighted by Gasteiger charge is -2.18. The van der Waals surface area contributed by atoms with Crippen LogP contribution in [0.5, 0.6) is 5.75 Å². The van der Waals surface area contributed by atoms with E-state index in [1.807, 2.05) is 0 Å². The van der Waals surface area contributed by atoms with Gasteiger partial charge in [0.15, 0.2) is 0 Å². The minimum absolute atomic E-state index is 0.000761. The van der Waals surface area contributed by atoms with E-state index in [-0.39, 0.29) is 37.9 Å². The molecular formula is C28H31ClFN5O5. The van der Waals surface area contributed by atoms with Crippen LogP contribution in [0.25, 0.3) is 10.9 Å². The van der Waals surface area contributed by atoms with Gasteiger partial charge in [-0.15, -0.1) is 0 Å². The lowest BCUT2D eigenvalue weighted by atomic mass is 10.1. The highest BCUT2D eigenvalue weighted by Gasteiger charge is 2.23. The Labute approximate surface area is 236 Å². The topological polar surface area (TPSA) is 126 Å². The first kappa shape index (κ1) is 29.2. The van der Waals surface area contributed by atoms with E-state index in [4.69, 9.17) is 21.1 Å². The molecule has 10 nitrogen and oxygen atoms in total. The number of fused-ring (bicyclic) bond motifs is 1. The molecule has 1 aliphatic carbocycles. The van der Waals surface area contributed by atoms with Crippen molar-refractivity contribution in [3.8, 4) is 5.75 Å². The summed E-state index contributed by atoms with van der Waals surface area (Å²) in [5.41, 5.74) is 1.55. The first-order valence-electron chi connectivity index (χ1n) is 13.0. The highest BCUT2D eigenvalue weighted by molar-refractivity contribution is 6.31. The van der Waals surface area contributed by atoms with Crippen LogP contribution in [-0.4, -0.2) is 71.3 Å². The lowest BCUT2D eigenvalue weighted by Crippen LogP contribution is -2.33. The van der Waals surface area contributed by atoms with E-state index in [0.29, 0.717) is 46.4 Å². The first-order valence-corrected chi connectivity index (χ1v) is 13.3. The number of aliphatic hydroxyl groups is 1. The number of aromatic nitrogens is 2. The van der Waals surface area contributed by atoms with Crippen molar-refractivity contribution in [1.82, 2.24) is 14.9 Å². The summed E-state index contributed by atoms with van der Waals surface area (Å²) in [7, 11) is 0. The number of esters is 1. The molecule has 0 bridgehead atoms. The fourth-order valence-corrected chi connectivity index (χ4v) is 4.03. The maximum atomic E-state index is 13.6. The third kappa shape index (κ3) is 8.35. The highest BCUT2D eigenvalue weighted by Crippen LogP contribution is 2.36. The number of halogens is 2. The average molecular weight is 572 g/mol. The Balaban J connectivity index is 1.54. The summed E-state index contributed by atoms with van der Waals surface area (Å²) in [5, 5.41) is 15.8. The van der Waals surface area contributed by atoms with E-state index in [1.54, 1.807) is 30.0 Å². The summed E-state index contributed by atoms with van der Waals surface area (Å²) in [6, 6.07) is 7.70. The summed E-state index contributed by atoms with van der Waals surface area (Å²) >= 11 is 5.93. The molecule has 1 fully saturated rings. The summed E-state index contributed by atoms with van der Waals surface area (Å²) in [6.07, 6.45) is 6.56. The number of hydrogen-bond donors (Lipinski definition) is 3. The van der Waals surface area contributed by atoms with E-state index in [0.717, 1.165) is 12.8 Å². The minimum atomic E-state index is -0.532. The van der Waals surface area contributed by atoms with E-state index >= 15 is 0 Å². The number of benzene rings is 2. The Kier molecular flexibility index (Phi) is 10.2. The Bertz CT molecular complexity index is 1380. The van der Waals surface area contributed by atoms with Crippen LogP contribution in [0.3, 0.4) is 0 Å². The maximum absolute atomic E-state index is 13.6. The number of hydrogen-bond acceptors (Lipinski definition) is 9. The quantitative estimate of drug-likeness (QED) is 0.192. The van der Waals surface area contributed by atoms with Gasteiger partial charge in [0.25, 0.3) is 0 Å². The Morgan fingerprint density at radius 3 is 2.80 bits per heavy atom. The summed E-state index contributed by atoms with van der Waals surface area (Å²) in [4.78, 5) is 35.0. The zero-order chi connectivity index (χ0) is 28.5. The Morgan fingerprint density at radius 2 is 2.08 bits per heavy atom. The molecule has 1 heterocycles. The van der Waals surface area contributed by atoms with E-state index < -0.39 is 17.7 Å². The van der Waals surface area contributed by atoms with Crippen LogP contribution in [0, 0.1) is 11.7 Å². The van der Waals surface area contributed by atoms with Gasteiger partial charge in [-0.2, -0.15) is 0 Å². The van der Waals surface area contributed by atoms with Crippen molar-refractivity contribution in [2.45, 2.75) is 19.8 Å². The molecular weight excluding hydrogens is 541 g/mol. The van der Waals surface area contributed by atoms with Crippen molar-refractivity contribution in [3.63, 3.8) is 0 Å². The number of amides is 1. The van der Waals surface area contributed by atoms with Gasteiger partial charge in [-0.05, 0) is 49.9 Å². The number of carbonyl (C=O) groups excluding carboxylic acids is 2. The molecule has 0 unspecified atom stereocenters. The molecule has 0 saturated heterocycles. The molecule has 0 spiro atoms. The van der Waals surface area contributed by atoms with Crippen LogP contribution in [0.1, 0.15) is 19.8 Å².